The molecule has 9 heteroatoms. The molecule has 1 aliphatic carbocycles. The average molecular weight is 473 g/mol. The normalized spacial score (nSPS) is 13.1. The molecule has 1 amide bonds. The maximum atomic E-state index is 12.9. The van der Waals surface area contributed by atoms with Gasteiger partial charge in [-0.05, 0) is 55.9 Å². The first-order chi connectivity index (χ1) is 15.0. The molecule has 0 spiro atoms. The Hall–Kier alpha value is -2.34. The molecular weight excluding hydrogens is 452 g/mol. The number of fused-ring (bicyclic) bond motifs is 2. The number of amides is 1. The fourth-order valence-electron chi connectivity index (χ4n) is 3.77. The zero-order valence-electron chi connectivity index (χ0n) is 17.0. The van der Waals surface area contributed by atoms with E-state index in [-0.39, 0.29) is 17.2 Å². The second kappa shape index (κ2) is 9.43. The Balaban J connectivity index is 1.56. The van der Waals surface area contributed by atoms with Crippen LogP contribution in [0.5, 0.6) is 0 Å². The topological polar surface area (TPSA) is 87.8 Å². The Bertz CT molecular complexity index is 1260. The van der Waals surface area contributed by atoms with E-state index in [2.05, 4.69) is 16.4 Å². The number of nitriles is 1. The molecular formula is C22H21ClN4O2S2. The van der Waals surface area contributed by atoms with Gasteiger partial charge >= 0.3 is 0 Å². The van der Waals surface area contributed by atoms with Crippen molar-refractivity contribution in [2.24, 2.45) is 0 Å². The van der Waals surface area contributed by atoms with E-state index in [9.17, 15) is 14.9 Å². The van der Waals surface area contributed by atoms with E-state index in [1.807, 2.05) is 6.92 Å². The molecule has 4 rings (SSSR count). The molecule has 0 saturated carbocycles. The van der Waals surface area contributed by atoms with Gasteiger partial charge in [-0.15, -0.1) is 11.3 Å². The number of benzene rings is 1. The molecule has 0 unspecified atom stereocenters. The van der Waals surface area contributed by atoms with Crippen molar-refractivity contribution in [1.29, 1.82) is 5.26 Å². The van der Waals surface area contributed by atoms with Crippen LogP contribution in [0.25, 0.3) is 10.9 Å². The molecule has 160 valence electrons. The molecule has 2 aromatic heterocycles. The highest BCUT2D eigenvalue weighted by Gasteiger charge is 2.22. The first kappa shape index (κ1) is 21.9. The molecule has 3 aromatic rings. The second-order valence-electron chi connectivity index (χ2n) is 7.38. The van der Waals surface area contributed by atoms with E-state index in [4.69, 9.17) is 11.6 Å². The Morgan fingerprint density at radius 3 is 2.97 bits per heavy atom. The van der Waals surface area contributed by atoms with Crippen LogP contribution in [-0.4, -0.2) is 21.2 Å². The summed E-state index contributed by atoms with van der Waals surface area (Å²) < 4.78 is 1.61. The van der Waals surface area contributed by atoms with Gasteiger partial charge in [0.1, 0.15) is 11.1 Å². The molecule has 1 aliphatic rings. The minimum absolute atomic E-state index is 0.0929. The lowest BCUT2D eigenvalue weighted by Crippen LogP contribution is -2.24. The first-order valence-corrected chi connectivity index (χ1v) is 12.4. The Labute approximate surface area is 193 Å². The Morgan fingerprint density at radius 2 is 2.19 bits per heavy atom. The van der Waals surface area contributed by atoms with Crippen LogP contribution in [0.3, 0.4) is 0 Å². The van der Waals surface area contributed by atoms with Crippen molar-refractivity contribution in [1.82, 2.24) is 9.55 Å². The van der Waals surface area contributed by atoms with Crippen LogP contribution in [0.15, 0.2) is 28.2 Å². The summed E-state index contributed by atoms with van der Waals surface area (Å²) in [5, 5.41) is 14.6. The SMILES string of the molecule is CCCn1c(SCC(=O)Nc2sc3c(c2C#N)CCCC3)nc2cc(Cl)ccc2c1=O. The van der Waals surface area contributed by atoms with Crippen molar-refractivity contribution in [3.8, 4) is 6.07 Å². The molecule has 0 fully saturated rings. The van der Waals surface area contributed by atoms with Crippen molar-refractivity contribution in [2.75, 3.05) is 11.1 Å². The summed E-state index contributed by atoms with van der Waals surface area (Å²) in [6.45, 7) is 2.51. The van der Waals surface area contributed by atoms with Crippen LogP contribution >= 0.6 is 34.7 Å². The van der Waals surface area contributed by atoms with Crippen LogP contribution in [0, 0.1) is 11.3 Å². The zero-order chi connectivity index (χ0) is 22.0. The Kier molecular flexibility index (Phi) is 6.65. The van der Waals surface area contributed by atoms with Gasteiger partial charge in [-0.25, -0.2) is 4.98 Å². The molecule has 31 heavy (non-hydrogen) atoms. The highest BCUT2D eigenvalue weighted by molar-refractivity contribution is 7.99. The molecule has 0 atom stereocenters. The number of hydrogen-bond acceptors (Lipinski definition) is 6. The number of hydrogen-bond donors (Lipinski definition) is 1. The Morgan fingerprint density at radius 1 is 1.39 bits per heavy atom. The van der Waals surface area contributed by atoms with E-state index in [0.29, 0.717) is 38.2 Å². The third kappa shape index (κ3) is 4.49. The van der Waals surface area contributed by atoms with E-state index < -0.39 is 0 Å². The third-order valence-corrected chi connectivity index (χ3v) is 7.62. The second-order valence-corrected chi connectivity index (χ2v) is 9.86. The summed E-state index contributed by atoms with van der Waals surface area (Å²) in [7, 11) is 0. The molecule has 0 radical (unpaired) electrons. The zero-order valence-corrected chi connectivity index (χ0v) is 19.4. The number of halogens is 1. The lowest BCUT2D eigenvalue weighted by atomic mass is 9.96. The van der Waals surface area contributed by atoms with Gasteiger partial charge in [0.2, 0.25) is 5.91 Å². The summed E-state index contributed by atoms with van der Waals surface area (Å²) in [5.74, 6) is -0.126. The van der Waals surface area contributed by atoms with Crippen molar-refractivity contribution < 1.29 is 4.79 Å². The highest BCUT2D eigenvalue weighted by Crippen LogP contribution is 2.37. The van der Waals surface area contributed by atoms with Crippen LogP contribution in [0.1, 0.15) is 42.2 Å². The number of rotatable bonds is 6. The molecule has 0 saturated heterocycles. The first-order valence-electron chi connectivity index (χ1n) is 10.2. The summed E-state index contributed by atoms with van der Waals surface area (Å²) >= 11 is 8.79. The minimum Gasteiger partial charge on any atom is -0.316 e. The van der Waals surface area contributed by atoms with Crippen molar-refractivity contribution in [3.05, 3.63) is 49.6 Å². The minimum atomic E-state index is -0.219. The van der Waals surface area contributed by atoms with Crippen LogP contribution < -0.4 is 10.9 Å². The molecule has 1 aromatic carbocycles. The number of anilines is 1. The summed E-state index contributed by atoms with van der Waals surface area (Å²) in [6, 6.07) is 7.28. The lowest BCUT2D eigenvalue weighted by molar-refractivity contribution is -0.113. The van der Waals surface area contributed by atoms with Gasteiger partial charge in [0, 0.05) is 16.4 Å². The summed E-state index contributed by atoms with van der Waals surface area (Å²) in [5.41, 5.74) is 2.07. The van der Waals surface area contributed by atoms with Gasteiger partial charge < -0.3 is 5.32 Å². The van der Waals surface area contributed by atoms with Gasteiger partial charge in [-0.1, -0.05) is 30.3 Å². The average Bonchev–Trinajstić information content (AvgIpc) is 3.11. The number of carbonyl (C=O) groups is 1. The molecule has 6 nitrogen and oxygen atoms in total. The number of aryl methyl sites for hydroxylation is 1. The van der Waals surface area contributed by atoms with E-state index in [0.717, 1.165) is 37.7 Å². The van der Waals surface area contributed by atoms with Gasteiger partial charge in [0.05, 0.1) is 22.2 Å². The van der Waals surface area contributed by atoms with E-state index in [1.54, 1.807) is 22.8 Å². The monoisotopic (exact) mass is 472 g/mol. The smallest absolute Gasteiger partial charge is 0.262 e. The standard InChI is InChI=1S/C22H21ClN4O2S2/c1-2-9-27-21(29)15-8-7-13(23)10-17(15)25-22(27)30-12-19(28)26-20-16(11-24)14-5-3-4-6-18(14)31-20/h7-8,10H,2-6,9,12H2,1H3,(H,26,28). The van der Waals surface area contributed by atoms with Gasteiger partial charge in [-0.3, -0.25) is 14.2 Å². The molecule has 1 N–H and O–H groups in total. The number of thiophene rings is 1. The number of carbonyl (C=O) groups excluding carboxylic acids is 1. The number of aromatic nitrogens is 2. The van der Waals surface area contributed by atoms with Crippen molar-refractivity contribution >= 4 is 56.5 Å². The molecule has 0 bridgehead atoms. The number of nitrogens with zero attached hydrogens (tertiary/aromatic N) is 3. The summed E-state index contributed by atoms with van der Waals surface area (Å²) in [6.07, 6.45) is 4.83. The third-order valence-electron chi connectivity index (χ3n) is 5.20. The molecule has 2 heterocycles. The van der Waals surface area contributed by atoms with Gasteiger partial charge in [-0.2, -0.15) is 5.26 Å². The fourth-order valence-corrected chi connectivity index (χ4v) is 6.02. The molecule has 0 aliphatic heterocycles. The van der Waals surface area contributed by atoms with Gasteiger partial charge in [0.25, 0.3) is 5.56 Å². The largest absolute Gasteiger partial charge is 0.316 e. The quantitative estimate of drug-likeness (QED) is 0.402. The van der Waals surface area contributed by atoms with E-state index in [1.165, 1.54) is 28.0 Å². The number of nitrogens with one attached hydrogen (secondary N) is 1. The van der Waals surface area contributed by atoms with Crippen molar-refractivity contribution in [3.63, 3.8) is 0 Å². The van der Waals surface area contributed by atoms with E-state index >= 15 is 0 Å². The predicted molar refractivity (Wildman–Crippen MR) is 126 cm³/mol. The van der Waals surface area contributed by atoms with Crippen LogP contribution in [0.4, 0.5) is 5.00 Å². The lowest BCUT2D eigenvalue weighted by Gasteiger charge is -2.12. The fraction of sp³-hybridized carbons (Fsp3) is 0.364. The predicted octanol–water partition coefficient (Wildman–Crippen LogP) is 5.00. The van der Waals surface area contributed by atoms with Crippen LogP contribution in [0.2, 0.25) is 5.02 Å². The van der Waals surface area contributed by atoms with Gasteiger partial charge in [0.15, 0.2) is 5.16 Å². The maximum Gasteiger partial charge on any atom is 0.262 e. The number of thioether (sulfide) groups is 1. The maximum absolute atomic E-state index is 12.9. The van der Waals surface area contributed by atoms with Crippen molar-refractivity contribution in [2.45, 2.75) is 50.7 Å². The summed E-state index contributed by atoms with van der Waals surface area (Å²) in [4.78, 5) is 31.4. The van der Waals surface area contributed by atoms with Crippen LogP contribution in [-0.2, 0) is 24.2 Å². The highest BCUT2D eigenvalue weighted by atomic mass is 35.5.